The minimum Gasteiger partial charge on any atom is -0.373 e. The van der Waals surface area contributed by atoms with Crippen LogP contribution in [0.15, 0.2) is 22.9 Å². The van der Waals surface area contributed by atoms with Crippen molar-refractivity contribution in [3.05, 3.63) is 45.5 Å². The number of nitrogens with zero attached hydrogens (tertiary/aromatic N) is 3. The number of nitro groups is 1. The predicted molar refractivity (Wildman–Crippen MR) is 72.8 cm³/mol. The zero-order valence-corrected chi connectivity index (χ0v) is 11.4. The van der Waals surface area contributed by atoms with Crippen LogP contribution in [-0.2, 0) is 6.54 Å². The first-order chi connectivity index (χ1) is 10.0. The number of amides is 1. The Morgan fingerprint density at radius 3 is 2.81 bits per heavy atom. The quantitative estimate of drug-likeness (QED) is 0.627. The van der Waals surface area contributed by atoms with Gasteiger partial charge < -0.3 is 15.2 Å². The third kappa shape index (κ3) is 3.32. The van der Waals surface area contributed by atoms with Crippen molar-refractivity contribution in [1.29, 1.82) is 0 Å². The molecule has 2 rings (SSSR count). The first-order valence-corrected chi connectivity index (χ1v) is 6.04. The fraction of sp³-hybridized carbons (Fsp3) is 0.250. The van der Waals surface area contributed by atoms with Gasteiger partial charge in [-0.2, -0.15) is 0 Å². The topological polar surface area (TPSA) is 123 Å². The van der Waals surface area contributed by atoms with Gasteiger partial charge in [-0.15, -0.1) is 0 Å². The molecule has 0 unspecified atom stereocenters. The normalized spacial score (nSPS) is 10.2. The van der Waals surface area contributed by atoms with Gasteiger partial charge in [0.25, 0.3) is 11.6 Å². The van der Waals surface area contributed by atoms with E-state index in [1.807, 2.05) is 0 Å². The molecule has 2 aromatic heterocycles. The van der Waals surface area contributed by atoms with E-state index in [4.69, 9.17) is 4.52 Å². The molecule has 0 atom stereocenters. The van der Waals surface area contributed by atoms with Gasteiger partial charge in [0.1, 0.15) is 29.0 Å². The number of nitrogens with one attached hydrogen (secondary N) is 2. The van der Waals surface area contributed by atoms with Gasteiger partial charge in [0.2, 0.25) is 0 Å². The lowest BCUT2D eigenvalue weighted by Crippen LogP contribution is -2.24. The average molecular weight is 291 g/mol. The minimum atomic E-state index is -0.651. The Morgan fingerprint density at radius 2 is 2.24 bits per heavy atom. The van der Waals surface area contributed by atoms with Crippen LogP contribution < -0.4 is 10.6 Å². The number of hydrogen-bond acceptors (Lipinski definition) is 7. The fourth-order valence-corrected chi connectivity index (χ4v) is 1.68. The molecular formula is C12H13N5O4. The van der Waals surface area contributed by atoms with Gasteiger partial charge in [0.05, 0.1) is 11.5 Å². The molecule has 0 radical (unpaired) electrons. The van der Waals surface area contributed by atoms with Crippen molar-refractivity contribution in [3.63, 3.8) is 0 Å². The Morgan fingerprint density at radius 1 is 1.48 bits per heavy atom. The van der Waals surface area contributed by atoms with Crippen molar-refractivity contribution in [2.75, 3.05) is 12.4 Å². The van der Waals surface area contributed by atoms with Crippen molar-refractivity contribution in [1.82, 2.24) is 15.5 Å². The second-order valence-electron chi connectivity index (χ2n) is 4.21. The van der Waals surface area contributed by atoms with Crippen molar-refractivity contribution in [3.8, 4) is 0 Å². The minimum absolute atomic E-state index is 0.0698. The van der Waals surface area contributed by atoms with Crippen LogP contribution in [0.5, 0.6) is 0 Å². The maximum atomic E-state index is 12.1. The van der Waals surface area contributed by atoms with Gasteiger partial charge in [-0.1, -0.05) is 5.16 Å². The molecule has 0 saturated heterocycles. The van der Waals surface area contributed by atoms with E-state index in [0.717, 1.165) is 6.20 Å². The van der Waals surface area contributed by atoms with E-state index in [2.05, 4.69) is 20.8 Å². The van der Waals surface area contributed by atoms with Crippen molar-refractivity contribution >= 4 is 17.4 Å². The Labute approximate surface area is 119 Å². The number of carbonyl (C=O) groups excluding carboxylic acids is 1. The molecular weight excluding hydrogens is 278 g/mol. The summed E-state index contributed by atoms with van der Waals surface area (Å²) >= 11 is 0. The highest BCUT2D eigenvalue weighted by Crippen LogP contribution is 2.20. The molecule has 0 aromatic carbocycles. The summed E-state index contributed by atoms with van der Waals surface area (Å²) in [7, 11) is 1.61. The molecule has 2 heterocycles. The van der Waals surface area contributed by atoms with Crippen molar-refractivity contribution in [2.24, 2.45) is 0 Å². The van der Waals surface area contributed by atoms with Crippen LogP contribution in [0.1, 0.15) is 21.8 Å². The van der Waals surface area contributed by atoms with E-state index in [9.17, 15) is 14.9 Å². The second kappa shape index (κ2) is 5.99. The third-order valence-electron chi connectivity index (χ3n) is 2.69. The standard InChI is InChI=1S/C12H13N5O4/c1-7-3-8(16-21-7)5-15-12(18)9-4-11(13-2)14-6-10(9)17(19)20/h3-4,6H,5H2,1-2H3,(H,13,14)(H,15,18). The number of carbonyl (C=O) groups is 1. The molecule has 0 saturated carbocycles. The first-order valence-electron chi connectivity index (χ1n) is 6.04. The molecule has 0 fully saturated rings. The van der Waals surface area contributed by atoms with Crippen LogP contribution in [-0.4, -0.2) is 28.0 Å². The monoisotopic (exact) mass is 291 g/mol. The lowest BCUT2D eigenvalue weighted by atomic mass is 10.2. The summed E-state index contributed by atoms with van der Waals surface area (Å²) in [6.45, 7) is 1.84. The van der Waals surface area contributed by atoms with Crippen molar-refractivity contribution < 1.29 is 14.2 Å². The van der Waals surface area contributed by atoms with E-state index < -0.39 is 10.8 Å². The molecule has 0 aliphatic carbocycles. The Bertz CT molecular complexity index is 682. The van der Waals surface area contributed by atoms with E-state index >= 15 is 0 Å². The maximum absolute atomic E-state index is 12.1. The van der Waals surface area contributed by atoms with Gasteiger partial charge in [-0.25, -0.2) is 4.98 Å². The molecule has 1 amide bonds. The van der Waals surface area contributed by atoms with E-state index in [1.54, 1.807) is 20.0 Å². The highest BCUT2D eigenvalue weighted by atomic mass is 16.6. The average Bonchev–Trinajstić information content (AvgIpc) is 2.89. The number of hydrogen-bond donors (Lipinski definition) is 2. The summed E-state index contributed by atoms with van der Waals surface area (Å²) in [6, 6.07) is 2.99. The number of aryl methyl sites for hydroxylation is 1. The maximum Gasteiger partial charge on any atom is 0.300 e. The van der Waals surface area contributed by atoms with E-state index in [-0.39, 0.29) is 17.8 Å². The molecule has 2 aromatic rings. The van der Waals surface area contributed by atoms with Crippen LogP contribution in [0.3, 0.4) is 0 Å². The number of aromatic nitrogens is 2. The fourth-order valence-electron chi connectivity index (χ4n) is 1.68. The van der Waals surface area contributed by atoms with Gasteiger partial charge in [0.15, 0.2) is 0 Å². The van der Waals surface area contributed by atoms with Crippen molar-refractivity contribution in [2.45, 2.75) is 13.5 Å². The summed E-state index contributed by atoms with van der Waals surface area (Å²) in [5.41, 5.74) is 0.105. The highest BCUT2D eigenvalue weighted by Gasteiger charge is 2.21. The molecule has 9 nitrogen and oxygen atoms in total. The molecule has 2 N–H and O–H groups in total. The zero-order valence-electron chi connectivity index (χ0n) is 11.4. The Balaban J connectivity index is 2.19. The Hall–Kier alpha value is -2.97. The lowest BCUT2D eigenvalue weighted by Gasteiger charge is -2.06. The molecule has 9 heteroatoms. The molecule has 0 aliphatic rings. The first kappa shape index (κ1) is 14.4. The van der Waals surface area contributed by atoms with Crippen LogP contribution in [0, 0.1) is 17.0 Å². The number of anilines is 1. The third-order valence-corrected chi connectivity index (χ3v) is 2.69. The number of pyridine rings is 1. The molecule has 110 valence electrons. The smallest absolute Gasteiger partial charge is 0.300 e. The summed E-state index contributed by atoms with van der Waals surface area (Å²) in [6.07, 6.45) is 1.04. The summed E-state index contributed by atoms with van der Waals surface area (Å²) in [4.78, 5) is 26.2. The largest absolute Gasteiger partial charge is 0.373 e. The lowest BCUT2D eigenvalue weighted by molar-refractivity contribution is -0.385. The van der Waals surface area contributed by atoms with E-state index in [0.29, 0.717) is 17.3 Å². The SMILES string of the molecule is CNc1cc(C(=O)NCc2cc(C)on2)c([N+](=O)[O-])cn1. The van der Waals surface area contributed by atoms with Crippen LogP contribution >= 0.6 is 0 Å². The van der Waals surface area contributed by atoms with Gasteiger partial charge >= 0.3 is 0 Å². The van der Waals surface area contributed by atoms with Gasteiger partial charge in [-0.05, 0) is 6.92 Å². The Kier molecular flexibility index (Phi) is 4.12. The predicted octanol–water partition coefficient (Wildman–Crippen LogP) is 1.26. The molecule has 0 bridgehead atoms. The zero-order chi connectivity index (χ0) is 15.4. The van der Waals surface area contributed by atoms with Crippen LogP contribution in [0.4, 0.5) is 11.5 Å². The highest BCUT2D eigenvalue weighted by molar-refractivity contribution is 5.98. The summed E-state index contributed by atoms with van der Waals surface area (Å²) in [5.74, 6) is 0.399. The van der Waals surface area contributed by atoms with Gasteiger partial charge in [0, 0.05) is 19.2 Å². The van der Waals surface area contributed by atoms with Crippen LogP contribution in [0.2, 0.25) is 0 Å². The summed E-state index contributed by atoms with van der Waals surface area (Å²) < 4.78 is 4.87. The van der Waals surface area contributed by atoms with E-state index in [1.165, 1.54) is 6.07 Å². The second-order valence-corrected chi connectivity index (χ2v) is 4.21. The van der Waals surface area contributed by atoms with Crippen LogP contribution in [0.25, 0.3) is 0 Å². The summed E-state index contributed by atoms with van der Waals surface area (Å²) in [5, 5.41) is 19.9. The number of rotatable bonds is 5. The van der Waals surface area contributed by atoms with Gasteiger partial charge in [-0.3, -0.25) is 14.9 Å². The molecule has 0 spiro atoms. The molecule has 0 aliphatic heterocycles. The molecule has 21 heavy (non-hydrogen) atoms.